The summed E-state index contributed by atoms with van der Waals surface area (Å²) in [5.41, 5.74) is 4.18. The van der Waals surface area contributed by atoms with Gasteiger partial charge in [-0.1, -0.05) is 6.07 Å². The Kier molecular flexibility index (Phi) is 6.65. The first-order valence-electron chi connectivity index (χ1n) is 11.7. The Morgan fingerprint density at radius 3 is 2.47 bits per heavy atom. The number of nitrogens with zero attached hydrogens (tertiary/aromatic N) is 6. The zero-order valence-electron chi connectivity index (χ0n) is 20.1. The van der Waals surface area contributed by atoms with E-state index in [9.17, 15) is 4.79 Å². The maximum atomic E-state index is 13.6. The second-order valence-corrected chi connectivity index (χ2v) is 9.56. The number of carbonyl (C=O) groups is 1. The number of hydrogen-bond donors (Lipinski definition) is 0. The molecule has 7 heteroatoms. The topological polar surface area (TPSA) is 55.8 Å². The fourth-order valence-corrected chi connectivity index (χ4v) is 4.77. The van der Waals surface area contributed by atoms with E-state index in [1.807, 2.05) is 50.1 Å². The van der Waals surface area contributed by atoms with E-state index in [0.717, 1.165) is 61.9 Å². The van der Waals surface area contributed by atoms with Crippen molar-refractivity contribution in [3.8, 4) is 0 Å². The molecule has 0 radical (unpaired) electrons. The van der Waals surface area contributed by atoms with Crippen LogP contribution in [0.2, 0.25) is 0 Å². The summed E-state index contributed by atoms with van der Waals surface area (Å²) in [7, 11) is 8.07. The highest BCUT2D eigenvalue weighted by molar-refractivity contribution is 5.96. The van der Waals surface area contributed by atoms with Crippen LogP contribution < -0.4 is 9.80 Å². The average Bonchev–Trinajstić information content (AvgIpc) is 3.45. The van der Waals surface area contributed by atoms with Gasteiger partial charge in [0.15, 0.2) is 5.82 Å². The fraction of sp³-hybridized carbons (Fsp3) is 0.560. The lowest BCUT2D eigenvalue weighted by Gasteiger charge is -2.26. The number of benzene rings is 1. The molecule has 2 aliphatic heterocycles. The molecular formula is C25H36N6O. The summed E-state index contributed by atoms with van der Waals surface area (Å²) >= 11 is 0. The van der Waals surface area contributed by atoms with E-state index in [0.29, 0.717) is 0 Å². The minimum absolute atomic E-state index is 0.0835. The van der Waals surface area contributed by atoms with Gasteiger partial charge >= 0.3 is 0 Å². The minimum atomic E-state index is -0.0835. The van der Waals surface area contributed by atoms with Gasteiger partial charge in [-0.15, -0.1) is 0 Å². The van der Waals surface area contributed by atoms with Crippen molar-refractivity contribution in [3.05, 3.63) is 46.9 Å². The van der Waals surface area contributed by atoms with Gasteiger partial charge in [0, 0.05) is 57.6 Å². The summed E-state index contributed by atoms with van der Waals surface area (Å²) in [6, 6.07) is 8.10. The number of carbonyl (C=O) groups excluding carboxylic acids is 1. The maximum Gasteiger partial charge on any atom is 0.254 e. The van der Waals surface area contributed by atoms with Crippen LogP contribution in [0.25, 0.3) is 0 Å². The molecule has 0 aliphatic carbocycles. The smallest absolute Gasteiger partial charge is 0.254 e. The highest BCUT2D eigenvalue weighted by Gasteiger charge is 2.33. The SMILES string of the molecule is Cc1ccc(C(=O)N2CCCC2c2nc(CN(C)C)cc(N(C)C)n2)cc1N1CCCC1. The van der Waals surface area contributed by atoms with Crippen LogP contribution in [0, 0.1) is 6.92 Å². The monoisotopic (exact) mass is 436 g/mol. The van der Waals surface area contributed by atoms with Crippen LogP contribution in [-0.4, -0.2) is 73.5 Å². The van der Waals surface area contributed by atoms with Crippen molar-refractivity contribution in [2.24, 2.45) is 0 Å². The van der Waals surface area contributed by atoms with Crippen molar-refractivity contribution in [2.45, 2.75) is 45.2 Å². The molecule has 2 aromatic rings. The molecule has 0 bridgehead atoms. The van der Waals surface area contributed by atoms with E-state index in [1.165, 1.54) is 24.1 Å². The van der Waals surface area contributed by atoms with Crippen molar-refractivity contribution in [1.82, 2.24) is 19.8 Å². The number of aryl methyl sites for hydroxylation is 1. The Balaban J connectivity index is 1.63. The van der Waals surface area contributed by atoms with Crippen molar-refractivity contribution < 1.29 is 4.79 Å². The van der Waals surface area contributed by atoms with Gasteiger partial charge in [-0.05, 0) is 64.4 Å². The quantitative estimate of drug-likeness (QED) is 0.691. The summed E-state index contributed by atoms with van der Waals surface area (Å²) < 4.78 is 0. The molecule has 0 spiro atoms. The van der Waals surface area contributed by atoms with Crippen LogP contribution in [-0.2, 0) is 6.54 Å². The van der Waals surface area contributed by atoms with Crippen LogP contribution in [0.5, 0.6) is 0 Å². The summed E-state index contributed by atoms with van der Waals surface area (Å²) in [5, 5.41) is 0. The third-order valence-electron chi connectivity index (χ3n) is 6.43. The van der Waals surface area contributed by atoms with Gasteiger partial charge in [-0.2, -0.15) is 0 Å². The lowest BCUT2D eigenvalue weighted by Crippen LogP contribution is -2.32. The first kappa shape index (κ1) is 22.5. The molecule has 1 atom stereocenters. The molecule has 1 amide bonds. The number of rotatable bonds is 6. The predicted octanol–water partition coefficient (Wildman–Crippen LogP) is 3.49. The second-order valence-electron chi connectivity index (χ2n) is 9.56. The van der Waals surface area contributed by atoms with Crippen molar-refractivity contribution in [2.75, 3.05) is 57.6 Å². The lowest BCUT2D eigenvalue weighted by atomic mass is 10.1. The molecule has 7 nitrogen and oxygen atoms in total. The standard InChI is InChI=1S/C25H36N6O/c1-18-10-11-19(15-22(18)30-12-6-7-13-30)25(32)31-14-8-9-21(31)24-26-20(17-28(2)3)16-23(27-24)29(4)5/h10-11,15-16,21H,6-9,12-14,17H2,1-5H3. The highest BCUT2D eigenvalue weighted by Crippen LogP contribution is 2.33. The molecule has 2 aliphatic rings. The van der Waals surface area contributed by atoms with Gasteiger partial charge in [0.05, 0.1) is 11.7 Å². The van der Waals surface area contributed by atoms with Crippen molar-refractivity contribution in [1.29, 1.82) is 0 Å². The van der Waals surface area contributed by atoms with E-state index in [4.69, 9.17) is 9.97 Å². The molecule has 0 saturated carbocycles. The Morgan fingerprint density at radius 1 is 1.03 bits per heavy atom. The number of aromatic nitrogens is 2. The summed E-state index contributed by atoms with van der Waals surface area (Å²) in [6.45, 7) is 5.77. The number of anilines is 2. The van der Waals surface area contributed by atoms with Gasteiger partial charge in [0.25, 0.3) is 5.91 Å². The van der Waals surface area contributed by atoms with Crippen molar-refractivity contribution in [3.63, 3.8) is 0 Å². The Bertz CT molecular complexity index is 967. The molecule has 2 saturated heterocycles. The fourth-order valence-electron chi connectivity index (χ4n) is 4.77. The van der Waals surface area contributed by atoms with E-state index in [1.54, 1.807) is 0 Å². The Morgan fingerprint density at radius 2 is 1.78 bits per heavy atom. The molecule has 32 heavy (non-hydrogen) atoms. The van der Waals surface area contributed by atoms with Crippen LogP contribution in [0.3, 0.4) is 0 Å². The lowest BCUT2D eigenvalue weighted by molar-refractivity contribution is 0.0729. The third kappa shape index (κ3) is 4.72. The summed E-state index contributed by atoms with van der Waals surface area (Å²) in [5.74, 6) is 1.73. The van der Waals surface area contributed by atoms with Gasteiger partial charge in [-0.25, -0.2) is 9.97 Å². The van der Waals surface area contributed by atoms with Gasteiger partial charge < -0.3 is 19.6 Å². The van der Waals surface area contributed by atoms with E-state index in [2.05, 4.69) is 28.9 Å². The molecule has 1 unspecified atom stereocenters. The van der Waals surface area contributed by atoms with E-state index < -0.39 is 0 Å². The largest absolute Gasteiger partial charge is 0.371 e. The molecule has 1 aromatic carbocycles. The van der Waals surface area contributed by atoms with E-state index in [-0.39, 0.29) is 11.9 Å². The Labute approximate surface area is 192 Å². The first-order valence-corrected chi connectivity index (χ1v) is 11.7. The highest BCUT2D eigenvalue weighted by atomic mass is 16.2. The number of amides is 1. The molecule has 0 N–H and O–H groups in total. The molecule has 1 aromatic heterocycles. The van der Waals surface area contributed by atoms with E-state index >= 15 is 0 Å². The van der Waals surface area contributed by atoms with Crippen LogP contribution in [0.15, 0.2) is 24.3 Å². The normalized spacial score (nSPS) is 18.6. The Hall–Kier alpha value is -2.67. The number of hydrogen-bond acceptors (Lipinski definition) is 6. The van der Waals surface area contributed by atoms with Crippen LogP contribution in [0.4, 0.5) is 11.5 Å². The summed E-state index contributed by atoms with van der Waals surface area (Å²) in [6.07, 6.45) is 4.32. The maximum absolute atomic E-state index is 13.6. The van der Waals surface area contributed by atoms with Gasteiger partial charge in [-0.3, -0.25) is 4.79 Å². The number of likely N-dealkylation sites (tertiary alicyclic amines) is 1. The van der Waals surface area contributed by atoms with Gasteiger partial charge in [0.2, 0.25) is 0 Å². The molecule has 4 rings (SSSR count). The van der Waals surface area contributed by atoms with Crippen LogP contribution >= 0.6 is 0 Å². The molecule has 2 fully saturated rings. The van der Waals surface area contributed by atoms with Crippen LogP contribution in [0.1, 0.15) is 59.2 Å². The molecule has 172 valence electrons. The van der Waals surface area contributed by atoms with Crippen molar-refractivity contribution >= 4 is 17.4 Å². The second kappa shape index (κ2) is 9.45. The van der Waals surface area contributed by atoms with Gasteiger partial charge in [0.1, 0.15) is 5.82 Å². The third-order valence-corrected chi connectivity index (χ3v) is 6.43. The molecule has 3 heterocycles. The zero-order chi connectivity index (χ0) is 22.8. The average molecular weight is 437 g/mol. The summed E-state index contributed by atoms with van der Waals surface area (Å²) in [4.78, 5) is 31.8. The predicted molar refractivity (Wildman–Crippen MR) is 129 cm³/mol. The minimum Gasteiger partial charge on any atom is -0.371 e. The first-order chi connectivity index (χ1) is 15.3. The zero-order valence-corrected chi connectivity index (χ0v) is 20.1. The molecular weight excluding hydrogens is 400 g/mol.